The fourth-order valence-electron chi connectivity index (χ4n) is 3.79. The van der Waals surface area contributed by atoms with Crippen LogP contribution >= 0.6 is 0 Å². The number of carbonyl (C=O) groups is 1. The SMILES string of the molecule is O=Cc1cc([C@@H]2C[C@H]2c2ccc(N3CCCC3)cc2)cc(F)c1O. The van der Waals surface area contributed by atoms with Gasteiger partial charge in [0.2, 0.25) is 0 Å². The summed E-state index contributed by atoms with van der Waals surface area (Å²) in [5, 5.41) is 9.53. The number of hydrogen-bond donors (Lipinski definition) is 1. The van der Waals surface area contributed by atoms with E-state index in [2.05, 4.69) is 29.2 Å². The standard InChI is InChI=1S/C20H20FNO2/c21-19-10-14(9-15(12-23)20(19)24)18-11-17(18)13-3-5-16(6-4-13)22-7-1-2-8-22/h3-6,9-10,12,17-18,24H,1-2,7-8,11H2/t17-,18-/m0/s1. The average molecular weight is 325 g/mol. The number of phenolic OH excluding ortho intramolecular Hbond substituents is 1. The van der Waals surface area contributed by atoms with Crippen LogP contribution in [0, 0.1) is 5.82 Å². The number of aromatic hydroxyl groups is 1. The molecular formula is C20H20FNO2. The zero-order valence-electron chi connectivity index (χ0n) is 13.4. The van der Waals surface area contributed by atoms with Gasteiger partial charge in [-0.3, -0.25) is 4.79 Å². The maximum atomic E-state index is 13.8. The Morgan fingerprint density at radius 3 is 2.38 bits per heavy atom. The Hall–Kier alpha value is -2.36. The first-order valence-corrected chi connectivity index (χ1v) is 8.50. The molecule has 1 N–H and O–H groups in total. The lowest BCUT2D eigenvalue weighted by Crippen LogP contribution is -2.17. The van der Waals surface area contributed by atoms with E-state index in [4.69, 9.17) is 0 Å². The van der Waals surface area contributed by atoms with Gasteiger partial charge >= 0.3 is 0 Å². The summed E-state index contributed by atoms with van der Waals surface area (Å²) in [7, 11) is 0. The Kier molecular flexibility index (Phi) is 3.75. The Bertz CT molecular complexity index is 766. The van der Waals surface area contributed by atoms with E-state index in [9.17, 15) is 14.3 Å². The molecule has 0 spiro atoms. The minimum Gasteiger partial charge on any atom is -0.504 e. The number of rotatable bonds is 4. The van der Waals surface area contributed by atoms with Gasteiger partial charge in [-0.1, -0.05) is 12.1 Å². The second kappa shape index (κ2) is 5.93. The number of benzene rings is 2. The van der Waals surface area contributed by atoms with Crippen molar-refractivity contribution in [1.29, 1.82) is 0 Å². The maximum absolute atomic E-state index is 13.8. The van der Waals surface area contributed by atoms with Crippen LogP contribution in [0.1, 0.15) is 52.6 Å². The number of halogens is 1. The van der Waals surface area contributed by atoms with Gasteiger partial charge in [-0.05, 0) is 66.5 Å². The lowest BCUT2D eigenvalue weighted by atomic mass is 10.0. The molecule has 4 rings (SSSR count). The van der Waals surface area contributed by atoms with Gasteiger partial charge in [-0.25, -0.2) is 4.39 Å². The number of hydrogen-bond acceptors (Lipinski definition) is 3. The van der Waals surface area contributed by atoms with E-state index < -0.39 is 11.6 Å². The molecular weight excluding hydrogens is 305 g/mol. The molecule has 2 aliphatic rings. The quantitative estimate of drug-likeness (QED) is 0.856. The van der Waals surface area contributed by atoms with Crippen LogP contribution in [0.3, 0.4) is 0 Å². The molecule has 1 saturated carbocycles. The molecule has 0 amide bonds. The molecule has 3 nitrogen and oxygen atoms in total. The van der Waals surface area contributed by atoms with Crippen molar-refractivity contribution in [2.75, 3.05) is 18.0 Å². The van der Waals surface area contributed by atoms with E-state index in [1.54, 1.807) is 6.07 Å². The Balaban J connectivity index is 1.52. The van der Waals surface area contributed by atoms with Crippen molar-refractivity contribution < 1.29 is 14.3 Å². The fourth-order valence-corrected chi connectivity index (χ4v) is 3.79. The number of anilines is 1. The van der Waals surface area contributed by atoms with Gasteiger partial charge in [0.1, 0.15) is 0 Å². The van der Waals surface area contributed by atoms with Crippen LogP contribution in [-0.4, -0.2) is 24.5 Å². The van der Waals surface area contributed by atoms with Crippen molar-refractivity contribution in [3.05, 3.63) is 58.9 Å². The van der Waals surface area contributed by atoms with E-state index in [0.29, 0.717) is 12.2 Å². The van der Waals surface area contributed by atoms with Crippen LogP contribution in [-0.2, 0) is 0 Å². The van der Waals surface area contributed by atoms with Crippen molar-refractivity contribution in [1.82, 2.24) is 0 Å². The van der Waals surface area contributed by atoms with E-state index >= 15 is 0 Å². The highest BCUT2D eigenvalue weighted by atomic mass is 19.1. The minimum atomic E-state index is -0.718. The number of aldehydes is 1. The molecule has 2 fully saturated rings. The second-order valence-corrected chi connectivity index (χ2v) is 6.79. The van der Waals surface area contributed by atoms with E-state index in [1.807, 2.05) is 0 Å². The summed E-state index contributed by atoms with van der Waals surface area (Å²) in [6.45, 7) is 2.26. The van der Waals surface area contributed by atoms with Crippen molar-refractivity contribution in [3.63, 3.8) is 0 Å². The molecule has 2 aromatic carbocycles. The predicted octanol–water partition coefficient (Wildman–Crippen LogP) is 4.22. The van der Waals surface area contributed by atoms with Gasteiger partial charge in [0.25, 0.3) is 0 Å². The highest BCUT2D eigenvalue weighted by molar-refractivity contribution is 5.79. The molecule has 124 valence electrons. The highest BCUT2D eigenvalue weighted by Gasteiger charge is 2.40. The lowest BCUT2D eigenvalue weighted by molar-refractivity contribution is 0.112. The fraction of sp³-hybridized carbons (Fsp3) is 0.350. The number of phenols is 1. The third kappa shape index (κ3) is 2.66. The molecule has 0 radical (unpaired) electrons. The topological polar surface area (TPSA) is 40.5 Å². The summed E-state index contributed by atoms with van der Waals surface area (Å²) in [6, 6.07) is 11.6. The Labute approximate surface area is 140 Å². The summed E-state index contributed by atoms with van der Waals surface area (Å²) in [4.78, 5) is 13.4. The van der Waals surface area contributed by atoms with Gasteiger partial charge in [0, 0.05) is 18.8 Å². The Morgan fingerprint density at radius 1 is 1.04 bits per heavy atom. The van der Waals surface area contributed by atoms with Gasteiger partial charge in [0.05, 0.1) is 5.56 Å². The summed E-state index contributed by atoms with van der Waals surface area (Å²) in [5.74, 6) is -0.692. The molecule has 24 heavy (non-hydrogen) atoms. The normalized spacial score (nSPS) is 22.6. The summed E-state index contributed by atoms with van der Waals surface area (Å²) in [6.07, 6.45) is 3.98. The van der Waals surface area contributed by atoms with Crippen LogP contribution in [0.15, 0.2) is 36.4 Å². The zero-order chi connectivity index (χ0) is 16.7. The monoisotopic (exact) mass is 325 g/mol. The van der Waals surface area contributed by atoms with Crippen LogP contribution < -0.4 is 4.90 Å². The largest absolute Gasteiger partial charge is 0.504 e. The summed E-state index contributed by atoms with van der Waals surface area (Å²) < 4.78 is 13.8. The third-order valence-electron chi connectivity index (χ3n) is 5.25. The first-order valence-electron chi connectivity index (χ1n) is 8.50. The van der Waals surface area contributed by atoms with Gasteiger partial charge in [-0.2, -0.15) is 0 Å². The minimum absolute atomic E-state index is 0.0278. The van der Waals surface area contributed by atoms with Crippen molar-refractivity contribution in [3.8, 4) is 5.75 Å². The lowest BCUT2D eigenvalue weighted by Gasteiger charge is -2.17. The zero-order valence-corrected chi connectivity index (χ0v) is 13.4. The van der Waals surface area contributed by atoms with E-state index in [1.165, 1.54) is 30.2 Å². The molecule has 0 unspecified atom stereocenters. The molecule has 2 aromatic rings. The molecule has 0 bridgehead atoms. The highest BCUT2D eigenvalue weighted by Crippen LogP contribution is 2.55. The summed E-state index contributed by atoms with van der Waals surface area (Å²) >= 11 is 0. The van der Waals surface area contributed by atoms with Crippen molar-refractivity contribution >= 4 is 12.0 Å². The second-order valence-electron chi connectivity index (χ2n) is 6.79. The molecule has 1 aliphatic carbocycles. The van der Waals surface area contributed by atoms with Crippen LogP contribution in [0.2, 0.25) is 0 Å². The van der Waals surface area contributed by atoms with E-state index in [-0.39, 0.29) is 11.5 Å². The van der Waals surface area contributed by atoms with Gasteiger partial charge < -0.3 is 10.0 Å². The molecule has 4 heteroatoms. The van der Waals surface area contributed by atoms with Crippen LogP contribution in [0.25, 0.3) is 0 Å². The maximum Gasteiger partial charge on any atom is 0.165 e. The van der Waals surface area contributed by atoms with E-state index in [0.717, 1.165) is 25.1 Å². The Morgan fingerprint density at radius 2 is 1.71 bits per heavy atom. The molecule has 1 aliphatic heterocycles. The predicted molar refractivity (Wildman–Crippen MR) is 91.4 cm³/mol. The molecule has 2 atom stereocenters. The molecule has 1 heterocycles. The first-order chi connectivity index (χ1) is 11.7. The first kappa shape index (κ1) is 15.2. The van der Waals surface area contributed by atoms with Crippen LogP contribution in [0.4, 0.5) is 10.1 Å². The average Bonchev–Trinajstić information content (AvgIpc) is 3.22. The number of nitrogens with zero attached hydrogens (tertiary/aromatic N) is 1. The van der Waals surface area contributed by atoms with Crippen molar-refractivity contribution in [2.24, 2.45) is 0 Å². The molecule has 0 aromatic heterocycles. The smallest absolute Gasteiger partial charge is 0.165 e. The molecule has 1 saturated heterocycles. The van der Waals surface area contributed by atoms with Gasteiger partial charge in [-0.15, -0.1) is 0 Å². The third-order valence-corrected chi connectivity index (χ3v) is 5.25. The van der Waals surface area contributed by atoms with Crippen LogP contribution in [0.5, 0.6) is 5.75 Å². The van der Waals surface area contributed by atoms with Crippen molar-refractivity contribution in [2.45, 2.75) is 31.1 Å². The van der Waals surface area contributed by atoms with Gasteiger partial charge in [0.15, 0.2) is 17.9 Å². The number of carbonyl (C=O) groups excluding carboxylic acids is 1. The summed E-state index contributed by atoms with van der Waals surface area (Å²) in [5.41, 5.74) is 3.34.